The zero-order valence-corrected chi connectivity index (χ0v) is 16.9. The molecule has 2 aliphatic heterocycles. The molecular weight excluding hydrogens is 395 g/mol. The van der Waals surface area contributed by atoms with Gasteiger partial charge in [0.1, 0.15) is 11.6 Å². The summed E-state index contributed by atoms with van der Waals surface area (Å²) < 4.78 is 30.2. The van der Waals surface area contributed by atoms with Gasteiger partial charge in [-0.25, -0.2) is 4.39 Å². The Hall–Kier alpha value is -2.49. The van der Waals surface area contributed by atoms with E-state index in [0.29, 0.717) is 24.7 Å². The third-order valence-electron chi connectivity index (χ3n) is 5.46. The topological polar surface area (TPSA) is 54.7 Å². The summed E-state index contributed by atoms with van der Waals surface area (Å²) in [5, 5.41) is 8.89. The lowest BCUT2D eigenvalue weighted by Gasteiger charge is -2.38. The number of likely N-dealkylation sites (tertiary alicyclic amines) is 1. The molecule has 7 heteroatoms. The molecule has 0 aliphatic carbocycles. The lowest BCUT2D eigenvalue weighted by Crippen LogP contribution is -2.42. The number of hydrogen-bond acceptors (Lipinski definition) is 5. The Labute approximate surface area is 176 Å². The summed E-state index contributed by atoms with van der Waals surface area (Å²) in [6.07, 6.45) is 1.49. The number of ether oxygens (including phenoxy) is 3. The molecule has 2 aliphatic rings. The van der Waals surface area contributed by atoms with Gasteiger partial charge in [-0.15, -0.1) is 12.4 Å². The van der Waals surface area contributed by atoms with E-state index in [9.17, 15) is 4.39 Å². The number of benzene rings is 2. The highest BCUT2D eigenvalue weighted by atomic mass is 35.5. The lowest BCUT2D eigenvalue weighted by molar-refractivity contribution is 0.112. The van der Waals surface area contributed by atoms with Gasteiger partial charge in [0.25, 0.3) is 0 Å². The Morgan fingerprint density at radius 1 is 1.14 bits per heavy atom. The van der Waals surface area contributed by atoms with Crippen molar-refractivity contribution in [2.24, 2.45) is 5.92 Å². The van der Waals surface area contributed by atoms with E-state index in [4.69, 9.17) is 19.5 Å². The van der Waals surface area contributed by atoms with E-state index in [1.807, 2.05) is 30.3 Å². The van der Waals surface area contributed by atoms with Crippen molar-refractivity contribution < 1.29 is 18.6 Å². The Bertz CT molecular complexity index is 856. The van der Waals surface area contributed by atoms with Crippen molar-refractivity contribution in [3.8, 4) is 23.3 Å². The van der Waals surface area contributed by atoms with Crippen molar-refractivity contribution in [1.82, 2.24) is 4.90 Å². The predicted molar refractivity (Wildman–Crippen MR) is 109 cm³/mol. The van der Waals surface area contributed by atoms with Gasteiger partial charge in [0.2, 0.25) is 6.79 Å². The van der Waals surface area contributed by atoms with Crippen LogP contribution in [0, 0.1) is 23.1 Å². The van der Waals surface area contributed by atoms with Gasteiger partial charge in [0.15, 0.2) is 11.5 Å². The molecule has 1 saturated heterocycles. The van der Waals surface area contributed by atoms with E-state index in [-0.39, 0.29) is 30.9 Å². The first kappa shape index (κ1) is 21.2. The van der Waals surface area contributed by atoms with Crippen LogP contribution in [0.3, 0.4) is 0 Å². The summed E-state index contributed by atoms with van der Waals surface area (Å²) in [5.74, 6) is 2.51. The van der Waals surface area contributed by atoms with Crippen molar-refractivity contribution in [3.05, 3.63) is 53.8 Å². The second kappa shape index (κ2) is 9.82. The van der Waals surface area contributed by atoms with Gasteiger partial charge in [0.05, 0.1) is 12.7 Å². The molecule has 2 aromatic carbocycles. The first-order valence-corrected chi connectivity index (χ1v) is 9.60. The van der Waals surface area contributed by atoms with Gasteiger partial charge < -0.3 is 19.1 Å². The minimum Gasteiger partial charge on any atom is -0.493 e. The summed E-state index contributed by atoms with van der Waals surface area (Å²) in [6, 6.07) is 14.6. The van der Waals surface area contributed by atoms with Crippen LogP contribution in [-0.4, -0.2) is 37.9 Å². The maximum atomic E-state index is 13.3. The third-order valence-corrected chi connectivity index (χ3v) is 5.46. The average Bonchev–Trinajstić information content (AvgIpc) is 3.19. The van der Waals surface area contributed by atoms with E-state index < -0.39 is 0 Å². The molecule has 0 amide bonds. The number of hydrogen-bond donors (Lipinski definition) is 0. The van der Waals surface area contributed by atoms with Crippen LogP contribution < -0.4 is 14.2 Å². The molecule has 0 bridgehead atoms. The average molecular weight is 419 g/mol. The van der Waals surface area contributed by atoms with Gasteiger partial charge in [-0.3, -0.25) is 0 Å². The van der Waals surface area contributed by atoms with Crippen LogP contribution in [0.1, 0.15) is 24.3 Å². The minimum absolute atomic E-state index is 0. The third kappa shape index (κ3) is 5.11. The Kier molecular flexibility index (Phi) is 7.18. The summed E-state index contributed by atoms with van der Waals surface area (Å²) in [6.45, 7) is 3.35. The van der Waals surface area contributed by atoms with Crippen LogP contribution in [-0.2, 0) is 0 Å². The predicted octanol–water partition coefficient (Wildman–Crippen LogP) is 4.37. The van der Waals surface area contributed by atoms with E-state index >= 15 is 0 Å². The summed E-state index contributed by atoms with van der Waals surface area (Å²) >= 11 is 0. The summed E-state index contributed by atoms with van der Waals surface area (Å²) in [5.41, 5.74) is 1.14. The number of piperidine rings is 1. The minimum atomic E-state index is -0.219. The Morgan fingerprint density at radius 2 is 1.93 bits per heavy atom. The number of nitrogens with zero attached hydrogens (tertiary/aromatic N) is 2. The number of nitriles is 1. The molecule has 0 aromatic heterocycles. The first-order chi connectivity index (χ1) is 13.7. The molecule has 1 fully saturated rings. The number of fused-ring (bicyclic) bond motifs is 1. The van der Waals surface area contributed by atoms with Gasteiger partial charge in [0, 0.05) is 31.5 Å². The van der Waals surface area contributed by atoms with Gasteiger partial charge in [-0.2, -0.15) is 5.26 Å². The molecule has 0 spiro atoms. The van der Waals surface area contributed by atoms with Crippen LogP contribution in [0.2, 0.25) is 0 Å². The highest BCUT2D eigenvalue weighted by molar-refractivity contribution is 5.85. The molecular formula is C22H24ClFN2O3. The lowest BCUT2D eigenvalue weighted by atomic mass is 9.81. The van der Waals surface area contributed by atoms with Gasteiger partial charge in [-0.1, -0.05) is 12.1 Å². The zero-order valence-electron chi connectivity index (χ0n) is 16.1. The summed E-state index contributed by atoms with van der Waals surface area (Å²) in [7, 11) is 0. The van der Waals surface area contributed by atoms with Crippen LogP contribution in [0.25, 0.3) is 0 Å². The van der Waals surface area contributed by atoms with Crippen molar-refractivity contribution in [2.75, 3.05) is 33.0 Å². The van der Waals surface area contributed by atoms with Crippen molar-refractivity contribution in [3.63, 3.8) is 0 Å². The largest absolute Gasteiger partial charge is 0.493 e. The molecule has 5 nitrogen and oxygen atoms in total. The molecule has 29 heavy (non-hydrogen) atoms. The van der Waals surface area contributed by atoms with Crippen LogP contribution in [0.5, 0.6) is 17.2 Å². The highest BCUT2D eigenvalue weighted by Crippen LogP contribution is 2.37. The Balaban J connectivity index is 0.00000240. The molecule has 0 N–H and O–H groups in total. The second-order valence-electron chi connectivity index (χ2n) is 7.24. The molecule has 0 unspecified atom stereocenters. The van der Waals surface area contributed by atoms with E-state index in [1.165, 1.54) is 12.1 Å². The molecule has 4 rings (SSSR count). The molecule has 0 saturated carbocycles. The second-order valence-corrected chi connectivity index (χ2v) is 7.24. The van der Waals surface area contributed by atoms with Gasteiger partial charge >= 0.3 is 0 Å². The van der Waals surface area contributed by atoms with Gasteiger partial charge in [-0.05, 0) is 48.7 Å². The smallest absolute Gasteiger partial charge is 0.231 e. The SMILES string of the molecule is Cl.N#CCCN1CC[C@@H](c2ccc(F)cc2)[C@H](COc2ccc3c(c2)OCO3)C1. The van der Waals surface area contributed by atoms with E-state index in [2.05, 4.69) is 11.0 Å². The normalized spacial score (nSPS) is 20.6. The van der Waals surface area contributed by atoms with Crippen molar-refractivity contribution in [1.29, 1.82) is 5.26 Å². The van der Waals surface area contributed by atoms with E-state index in [0.717, 1.165) is 43.1 Å². The molecule has 154 valence electrons. The molecule has 0 radical (unpaired) electrons. The van der Waals surface area contributed by atoms with Crippen LogP contribution in [0.4, 0.5) is 4.39 Å². The van der Waals surface area contributed by atoms with Crippen molar-refractivity contribution >= 4 is 12.4 Å². The monoisotopic (exact) mass is 418 g/mol. The van der Waals surface area contributed by atoms with Crippen LogP contribution in [0.15, 0.2) is 42.5 Å². The zero-order chi connectivity index (χ0) is 19.3. The standard InChI is InChI=1S/C22H23FN2O3.ClH/c23-18-4-2-16(3-5-18)20-8-11-25(10-1-9-24)13-17(20)14-26-19-6-7-21-22(12-19)28-15-27-21;/h2-7,12,17,20H,1,8,10-11,13-15H2;1H/t17-,20-;/m0./s1. The van der Waals surface area contributed by atoms with Crippen molar-refractivity contribution in [2.45, 2.75) is 18.8 Å². The number of halogens is 2. The summed E-state index contributed by atoms with van der Waals surface area (Å²) in [4.78, 5) is 2.32. The highest BCUT2D eigenvalue weighted by Gasteiger charge is 2.31. The fourth-order valence-corrected chi connectivity index (χ4v) is 4.01. The fourth-order valence-electron chi connectivity index (χ4n) is 4.01. The molecule has 2 heterocycles. The molecule has 2 atom stereocenters. The quantitative estimate of drug-likeness (QED) is 0.697. The van der Waals surface area contributed by atoms with Crippen LogP contribution >= 0.6 is 12.4 Å². The Morgan fingerprint density at radius 3 is 2.72 bits per heavy atom. The fraction of sp³-hybridized carbons (Fsp3) is 0.409. The number of rotatable bonds is 6. The van der Waals surface area contributed by atoms with E-state index in [1.54, 1.807) is 0 Å². The maximum absolute atomic E-state index is 13.3. The maximum Gasteiger partial charge on any atom is 0.231 e. The molecule has 2 aromatic rings. The first-order valence-electron chi connectivity index (χ1n) is 9.60.